The predicted molar refractivity (Wildman–Crippen MR) is 78.8 cm³/mol. The van der Waals surface area contributed by atoms with Gasteiger partial charge in [-0.25, -0.2) is 0 Å². The summed E-state index contributed by atoms with van der Waals surface area (Å²) in [5.41, 5.74) is 0.771. The van der Waals surface area contributed by atoms with Gasteiger partial charge in [0.25, 0.3) is 5.69 Å². The Bertz CT molecular complexity index is 647. The zero-order valence-corrected chi connectivity index (χ0v) is 11.7. The van der Waals surface area contributed by atoms with Crippen LogP contribution >= 0.6 is 11.3 Å². The highest BCUT2D eigenvalue weighted by molar-refractivity contribution is 7.10. The highest BCUT2D eigenvalue weighted by Gasteiger charge is 2.18. The number of hydrogen-bond acceptors (Lipinski definition) is 5. The minimum Gasteiger partial charge on any atom is -0.372 e. The molecule has 0 aliphatic rings. The highest BCUT2D eigenvalue weighted by Crippen LogP contribution is 2.31. The topological polar surface area (TPSA) is 79.0 Å². The van der Waals surface area contributed by atoms with E-state index < -0.39 is 4.92 Å². The van der Waals surface area contributed by atoms with Gasteiger partial charge < -0.3 is 5.32 Å². The molecule has 0 radical (unpaired) electrons. The van der Waals surface area contributed by atoms with E-state index in [0.717, 1.165) is 11.3 Å². The van der Waals surface area contributed by atoms with Gasteiger partial charge in [0.15, 0.2) is 0 Å². The van der Waals surface area contributed by atoms with E-state index in [1.54, 1.807) is 11.3 Å². The summed E-state index contributed by atoms with van der Waals surface area (Å²) in [7, 11) is 0. The number of nitro benzene ring substituents is 1. The molecular formula is C14H13N3O2S. The average molecular weight is 287 g/mol. The zero-order valence-electron chi connectivity index (χ0n) is 10.9. The summed E-state index contributed by atoms with van der Waals surface area (Å²) in [5.74, 6) is 0. The molecule has 102 valence electrons. The molecule has 0 fully saturated rings. The number of hydrogen-bond donors (Lipinski definition) is 1. The van der Waals surface area contributed by atoms with Gasteiger partial charge in [-0.05, 0) is 30.0 Å². The highest BCUT2D eigenvalue weighted by atomic mass is 32.1. The van der Waals surface area contributed by atoms with Gasteiger partial charge in [0.1, 0.15) is 5.69 Å². The van der Waals surface area contributed by atoms with Crippen LogP contribution < -0.4 is 5.32 Å². The Morgan fingerprint density at radius 3 is 2.85 bits per heavy atom. The molecule has 5 nitrogen and oxygen atoms in total. The molecule has 2 rings (SSSR count). The van der Waals surface area contributed by atoms with Crippen LogP contribution in [0.2, 0.25) is 0 Å². The van der Waals surface area contributed by atoms with Crippen LogP contribution in [0.25, 0.3) is 0 Å². The van der Waals surface area contributed by atoms with Crippen LogP contribution in [0.5, 0.6) is 0 Å². The Balaban J connectivity index is 2.36. The number of rotatable bonds is 5. The number of nitro groups is 1. The van der Waals surface area contributed by atoms with Crippen LogP contribution in [0, 0.1) is 21.4 Å². The van der Waals surface area contributed by atoms with Gasteiger partial charge in [-0.15, -0.1) is 11.3 Å². The summed E-state index contributed by atoms with van der Waals surface area (Å²) in [5, 5.41) is 25.1. The Morgan fingerprint density at radius 1 is 1.50 bits per heavy atom. The third-order valence-electron chi connectivity index (χ3n) is 2.95. The lowest BCUT2D eigenvalue weighted by Gasteiger charge is -2.17. The molecule has 0 aliphatic heterocycles. The second-order valence-corrected chi connectivity index (χ2v) is 5.20. The molecule has 2 aromatic rings. The van der Waals surface area contributed by atoms with Crippen LogP contribution in [0.3, 0.4) is 0 Å². The quantitative estimate of drug-likeness (QED) is 0.663. The molecule has 1 aromatic carbocycles. The standard InChI is InChI=1S/C14H13N3O2S/c1-2-11(14-4-3-7-20-14)16-12-8-10(9-15)5-6-13(12)17(18)19/h3-8,11,16H,2H2,1H3. The van der Waals surface area contributed by atoms with Crippen molar-refractivity contribution in [3.8, 4) is 6.07 Å². The van der Waals surface area contributed by atoms with Gasteiger partial charge in [-0.1, -0.05) is 13.0 Å². The SMILES string of the molecule is CCC(Nc1cc(C#N)ccc1[N+](=O)[O-])c1cccs1. The summed E-state index contributed by atoms with van der Waals surface area (Å²) in [6, 6.07) is 10.3. The minimum atomic E-state index is -0.440. The molecule has 6 heteroatoms. The van der Waals surface area contributed by atoms with E-state index in [0.29, 0.717) is 11.3 Å². The first-order valence-corrected chi connectivity index (χ1v) is 7.02. The number of benzene rings is 1. The van der Waals surface area contributed by atoms with Crippen LogP contribution in [0.1, 0.15) is 29.8 Å². The summed E-state index contributed by atoms with van der Waals surface area (Å²) in [6.45, 7) is 2.01. The molecule has 0 spiro atoms. The molecule has 0 amide bonds. The van der Waals surface area contributed by atoms with Crippen LogP contribution in [-0.4, -0.2) is 4.92 Å². The fourth-order valence-electron chi connectivity index (χ4n) is 1.93. The second kappa shape index (κ2) is 6.17. The summed E-state index contributed by atoms with van der Waals surface area (Å²) >= 11 is 1.60. The third-order valence-corrected chi connectivity index (χ3v) is 3.93. The fourth-order valence-corrected chi connectivity index (χ4v) is 2.79. The predicted octanol–water partition coefficient (Wildman–Crippen LogP) is 4.09. The lowest BCUT2D eigenvalue weighted by Crippen LogP contribution is -2.10. The Labute approximate surface area is 120 Å². The van der Waals surface area contributed by atoms with Crippen molar-refractivity contribution in [1.29, 1.82) is 5.26 Å². The van der Waals surface area contributed by atoms with Crippen molar-refractivity contribution in [2.75, 3.05) is 5.32 Å². The van der Waals surface area contributed by atoms with Crippen LogP contribution in [0.15, 0.2) is 35.7 Å². The van der Waals surface area contributed by atoms with Gasteiger partial charge in [0.05, 0.1) is 22.6 Å². The molecule has 0 saturated carbocycles. The van der Waals surface area contributed by atoms with Gasteiger partial charge in [0.2, 0.25) is 0 Å². The van der Waals surface area contributed by atoms with Crippen LogP contribution in [0.4, 0.5) is 11.4 Å². The summed E-state index contributed by atoms with van der Waals surface area (Å²) < 4.78 is 0. The number of nitrogens with one attached hydrogen (secondary N) is 1. The lowest BCUT2D eigenvalue weighted by atomic mass is 10.1. The van der Waals surface area contributed by atoms with Crippen molar-refractivity contribution in [3.63, 3.8) is 0 Å². The number of nitrogens with zero attached hydrogens (tertiary/aromatic N) is 2. The van der Waals surface area contributed by atoms with Gasteiger partial charge in [0, 0.05) is 10.9 Å². The van der Waals surface area contributed by atoms with E-state index >= 15 is 0 Å². The lowest BCUT2D eigenvalue weighted by molar-refractivity contribution is -0.384. The fraction of sp³-hybridized carbons (Fsp3) is 0.214. The number of nitriles is 1. The van der Waals surface area contributed by atoms with E-state index in [4.69, 9.17) is 5.26 Å². The number of anilines is 1. The van der Waals surface area contributed by atoms with E-state index in [2.05, 4.69) is 5.32 Å². The third kappa shape index (κ3) is 2.95. The maximum absolute atomic E-state index is 11.1. The van der Waals surface area contributed by atoms with Crippen molar-refractivity contribution in [3.05, 3.63) is 56.3 Å². The first-order valence-electron chi connectivity index (χ1n) is 6.14. The smallest absolute Gasteiger partial charge is 0.292 e. The minimum absolute atomic E-state index is 0.00245. The monoisotopic (exact) mass is 287 g/mol. The first-order chi connectivity index (χ1) is 9.65. The van der Waals surface area contributed by atoms with Crippen LogP contribution in [-0.2, 0) is 0 Å². The molecule has 20 heavy (non-hydrogen) atoms. The van der Waals surface area contributed by atoms with Gasteiger partial charge in [-0.2, -0.15) is 5.26 Å². The first kappa shape index (κ1) is 14.0. The van der Waals surface area contributed by atoms with E-state index in [-0.39, 0.29) is 11.7 Å². The van der Waals surface area contributed by atoms with Crippen molar-refractivity contribution in [2.24, 2.45) is 0 Å². The number of thiophene rings is 1. The molecule has 1 heterocycles. The van der Waals surface area contributed by atoms with Crippen molar-refractivity contribution in [1.82, 2.24) is 0 Å². The molecule has 0 bridgehead atoms. The maximum atomic E-state index is 11.1. The van der Waals surface area contributed by atoms with Crippen molar-refractivity contribution in [2.45, 2.75) is 19.4 Å². The second-order valence-electron chi connectivity index (χ2n) is 4.22. The Hall–Kier alpha value is -2.39. The van der Waals surface area contributed by atoms with Gasteiger partial charge >= 0.3 is 0 Å². The molecule has 1 unspecified atom stereocenters. The van der Waals surface area contributed by atoms with E-state index in [1.165, 1.54) is 18.2 Å². The Kier molecular flexibility index (Phi) is 4.33. The zero-order chi connectivity index (χ0) is 14.5. The van der Waals surface area contributed by atoms with E-state index in [1.807, 2.05) is 30.5 Å². The molecule has 0 saturated heterocycles. The summed E-state index contributed by atoms with van der Waals surface area (Å²) in [6.07, 6.45) is 0.800. The van der Waals surface area contributed by atoms with Gasteiger partial charge in [-0.3, -0.25) is 10.1 Å². The van der Waals surface area contributed by atoms with E-state index in [9.17, 15) is 10.1 Å². The molecule has 1 N–H and O–H groups in total. The largest absolute Gasteiger partial charge is 0.372 e. The molecule has 0 aliphatic carbocycles. The maximum Gasteiger partial charge on any atom is 0.292 e. The summed E-state index contributed by atoms with van der Waals surface area (Å²) in [4.78, 5) is 11.7. The molecule has 1 atom stereocenters. The average Bonchev–Trinajstić information content (AvgIpc) is 2.98. The van der Waals surface area contributed by atoms with Crippen molar-refractivity contribution < 1.29 is 4.92 Å². The Morgan fingerprint density at radius 2 is 2.30 bits per heavy atom. The molecule has 1 aromatic heterocycles. The van der Waals surface area contributed by atoms with Crippen molar-refractivity contribution >= 4 is 22.7 Å². The molecular weight excluding hydrogens is 274 g/mol. The normalized spacial score (nSPS) is 11.6.